The number of hydrogen-bond donors (Lipinski definition) is 3. The van der Waals surface area contributed by atoms with E-state index in [1.54, 1.807) is 11.8 Å². The van der Waals surface area contributed by atoms with Gasteiger partial charge in [-0.2, -0.15) is 0 Å². The number of ether oxygens (including phenoxy) is 5. The maximum Gasteiger partial charge on any atom is 0.410 e. The molecule has 6 aromatic rings. The van der Waals surface area contributed by atoms with Crippen molar-refractivity contribution in [2.75, 3.05) is 51.2 Å². The van der Waals surface area contributed by atoms with Crippen molar-refractivity contribution in [2.24, 2.45) is 11.8 Å². The Bertz CT molecular complexity index is 2710. The molecule has 10 rings (SSSR count). The number of halogens is 2. The minimum absolute atomic E-state index is 0.211. The number of likely N-dealkylation sites (tertiary alicyclic amines) is 1. The Labute approximate surface area is 400 Å². The van der Waals surface area contributed by atoms with Gasteiger partial charge < -0.3 is 54.5 Å². The van der Waals surface area contributed by atoms with E-state index in [1.165, 1.54) is 37.3 Å². The summed E-state index contributed by atoms with van der Waals surface area (Å²) in [5.74, 6) is 4.65. The topological polar surface area (TPSA) is 218 Å². The number of fused-ring (bicyclic) bond motifs is 4. The number of benzene rings is 2. The lowest BCUT2D eigenvalue weighted by Gasteiger charge is -2.34. The molecule has 0 saturated carbocycles. The number of hydrogen-bond acceptors (Lipinski definition) is 17. The van der Waals surface area contributed by atoms with Crippen LogP contribution in [0.2, 0.25) is 0 Å². The van der Waals surface area contributed by atoms with E-state index in [0.717, 1.165) is 98.1 Å². The van der Waals surface area contributed by atoms with Gasteiger partial charge in [0.05, 0.1) is 0 Å². The van der Waals surface area contributed by atoms with Crippen molar-refractivity contribution in [3.8, 4) is 23.0 Å². The van der Waals surface area contributed by atoms with Crippen LogP contribution in [0.3, 0.4) is 0 Å². The van der Waals surface area contributed by atoms with Crippen molar-refractivity contribution in [2.45, 2.75) is 98.1 Å². The number of amides is 1. The summed E-state index contributed by atoms with van der Waals surface area (Å²) in [4.78, 5) is 43.1. The van der Waals surface area contributed by atoms with Crippen LogP contribution >= 0.6 is 55.4 Å². The van der Waals surface area contributed by atoms with Crippen molar-refractivity contribution < 1.29 is 28.5 Å². The molecule has 4 aliphatic heterocycles. The molecule has 0 aliphatic carbocycles. The van der Waals surface area contributed by atoms with Crippen LogP contribution in [-0.4, -0.2) is 95.4 Å². The van der Waals surface area contributed by atoms with Gasteiger partial charge in [0, 0.05) is 44.9 Å². The summed E-state index contributed by atoms with van der Waals surface area (Å²) < 4.78 is 33.7. The SMILES string of the molecule is CC(C)(C)OC(=O)N1CCCC(CCn2c(Sc3cc4c(cc3Br)OCO4)nc3c(N)ncnc32)C1.Nc1ncnc2c1nc(Sc1cc3c(cc1Br)OCO3)n2CCC1CCCNC1. The molecule has 0 spiro atoms. The van der Waals surface area contributed by atoms with Crippen LogP contribution < -0.4 is 35.7 Å². The molecule has 2 unspecified atom stereocenters. The van der Waals surface area contributed by atoms with Crippen LogP contribution in [-0.2, 0) is 17.8 Å². The van der Waals surface area contributed by atoms with E-state index in [0.29, 0.717) is 64.7 Å². The number of imidazole rings is 2. The van der Waals surface area contributed by atoms with Gasteiger partial charge >= 0.3 is 6.09 Å². The van der Waals surface area contributed by atoms with Gasteiger partial charge in [0.2, 0.25) is 13.6 Å². The van der Waals surface area contributed by atoms with Gasteiger partial charge in [-0.1, -0.05) is 23.5 Å². The first kappa shape index (κ1) is 45.4. The minimum Gasteiger partial charge on any atom is -0.454 e. The minimum atomic E-state index is -0.505. The molecule has 18 nitrogen and oxygen atoms in total. The van der Waals surface area contributed by atoms with E-state index in [2.05, 4.69) is 66.2 Å². The van der Waals surface area contributed by atoms with E-state index < -0.39 is 5.60 Å². The number of nitrogens with two attached hydrogens (primary N) is 2. The molecule has 2 aromatic carbocycles. The Balaban J connectivity index is 0.000000168. The maximum atomic E-state index is 12.6. The first-order chi connectivity index (χ1) is 31.4. The van der Waals surface area contributed by atoms with Gasteiger partial charge in [-0.15, -0.1) is 0 Å². The zero-order valence-electron chi connectivity index (χ0n) is 36.2. The normalized spacial score (nSPS) is 18.0. The Kier molecular flexibility index (Phi) is 13.7. The van der Waals surface area contributed by atoms with Gasteiger partial charge in [-0.25, -0.2) is 34.7 Å². The van der Waals surface area contributed by atoms with Crippen molar-refractivity contribution in [3.63, 3.8) is 0 Å². The molecule has 4 aliphatic rings. The zero-order valence-corrected chi connectivity index (χ0v) is 41.0. The molecule has 8 heterocycles. The molecule has 4 aromatic heterocycles. The van der Waals surface area contributed by atoms with Crippen LogP contribution in [0, 0.1) is 11.8 Å². The summed E-state index contributed by atoms with van der Waals surface area (Å²) in [6.45, 7) is 11.2. The number of rotatable bonds is 10. The predicted octanol–water partition coefficient (Wildman–Crippen LogP) is 8.53. The number of aromatic nitrogens is 8. The number of anilines is 2. The third kappa shape index (κ3) is 10.5. The lowest BCUT2D eigenvalue weighted by atomic mass is 9.95. The van der Waals surface area contributed by atoms with E-state index in [9.17, 15) is 4.79 Å². The summed E-state index contributed by atoms with van der Waals surface area (Å²) >= 11 is 10.3. The number of aryl methyl sites for hydroxylation is 2. The molecule has 5 N–H and O–H groups in total. The second-order valence-electron chi connectivity index (χ2n) is 17.2. The number of piperidine rings is 2. The second kappa shape index (κ2) is 19.6. The summed E-state index contributed by atoms with van der Waals surface area (Å²) in [6.07, 6.45) is 9.15. The maximum absolute atomic E-state index is 12.6. The predicted molar refractivity (Wildman–Crippen MR) is 254 cm³/mol. The Morgan fingerprint density at radius 2 is 1.28 bits per heavy atom. The number of nitrogens with zero attached hydrogens (tertiary/aromatic N) is 9. The quantitative estimate of drug-likeness (QED) is 0.117. The molecule has 22 heteroatoms. The molecular weight excluding hydrogens is 1000 g/mol. The van der Waals surface area contributed by atoms with Crippen molar-refractivity contribution >= 4 is 95.4 Å². The van der Waals surface area contributed by atoms with E-state index in [-0.39, 0.29) is 19.7 Å². The molecular formula is C43H50Br2N12O6S2. The highest BCUT2D eigenvalue weighted by Gasteiger charge is 2.29. The molecule has 344 valence electrons. The van der Waals surface area contributed by atoms with Crippen LogP contribution in [0.1, 0.15) is 59.3 Å². The fourth-order valence-corrected chi connectivity index (χ4v) is 11.2. The first-order valence-electron chi connectivity index (χ1n) is 21.5. The first-order valence-corrected chi connectivity index (χ1v) is 24.7. The van der Waals surface area contributed by atoms with E-state index in [1.807, 2.05) is 49.9 Å². The zero-order chi connectivity index (χ0) is 45.2. The summed E-state index contributed by atoms with van der Waals surface area (Å²) in [5, 5.41) is 5.09. The van der Waals surface area contributed by atoms with Gasteiger partial charge in [0.25, 0.3) is 0 Å². The monoisotopic (exact) mass is 1050 g/mol. The Morgan fingerprint density at radius 1 is 0.769 bits per heavy atom. The fourth-order valence-electron chi connectivity index (χ4n) is 8.16. The highest BCUT2D eigenvalue weighted by atomic mass is 79.9. The number of carbonyl (C=O) groups excluding carboxylic acids is 1. The van der Waals surface area contributed by atoms with Crippen LogP contribution in [0.4, 0.5) is 16.4 Å². The van der Waals surface area contributed by atoms with Crippen molar-refractivity contribution in [1.29, 1.82) is 0 Å². The average molecular weight is 1050 g/mol. The Hall–Kier alpha value is -4.77. The smallest absolute Gasteiger partial charge is 0.410 e. The van der Waals surface area contributed by atoms with Gasteiger partial charge in [0.15, 0.2) is 67.3 Å². The highest BCUT2D eigenvalue weighted by Crippen LogP contribution is 2.45. The van der Waals surface area contributed by atoms with Crippen molar-refractivity contribution in [1.82, 2.24) is 49.3 Å². The molecule has 2 fully saturated rings. The summed E-state index contributed by atoms with van der Waals surface area (Å²) in [7, 11) is 0. The van der Waals surface area contributed by atoms with Crippen LogP contribution in [0.5, 0.6) is 23.0 Å². The number of nitrogens with one attached hydrogen (secondary N) is 1. The van der Waals surface area contributed by atoms with Gasteiger partial charge in [-0.3, -0.25) is 0 Å². The Morgan fingerprint density at radius 3 is 1.78 bits per heavy atom. The lowest BCUT2D eigenvalue weighted by molar-refractivity contribution is 0.0159. The van der Waals surface area contributed by atoms with Gasteiger partial charge in [-0.05, 0) is 140 Å². The third-order valence-corrected chi connectivity index (χ3v) is 15.3. The molecule has 2 atom stereocenters. The second-order valence-corrected chi connectivity index (χ2v) is 20.9. The molecule has 2 saturated heterocycles. The number of carbonyl (C=O) groups is 1. The van der Waals surface area contributed by atoms with Gasteiger partial charge in [0.1, 0.15) is 18.3 Å². The highest BCUT2D eigenvalue weighted by molar-refractivity contribution is 9.10. The fraction of sp³-hybridized carbons (Fsp3) is 0.465. The largest absolute Gasteiger partial charge is 0.454 e. The van der Waals surface area contributed by atoms with Crippen LogP contribution in [0.25, 0.3) is 22.3 Å². The summed E-state index contributed by atoms with van der Waals surface area (Å²) in [5.41, 5.74) is 14.4. The van der Waals surface area contributed by atoms with E-state index >= 15 is 0 Å². The molecule has 0 radical (unpaired) electrons. The average Bonchev–Trinajstić information content (AvgIpc) is 4.09. The molecule has 65 heavy (non-hydrogen) atoms. The standard InChI is InChI=1S/C24H29BrN6O4S.C19H21BrN6O2S/c1-24(2,3)35-23(32)30-7-4-5-14(11-30)6-8-31-21-19(20(26)27-12-28-21)29-22(31)36-18-10-17-16(9-15(18)25)33-13-34-17;20-12-6-13-14(28-10-27-13)7-15(12)29-19-25-16-17(21)23-9-24-18(16)26(19)5-3-11-2-1-4-22-8-11/h9-10,12,14H,4-8,11,13H2,1-3H3,(H2,26,27,28);6-7,9,11,22H,1-5,8,10H2,(H2,21,23,24). The van der Waals surface area contributed by atoms with E-state index in [4.69, 9.17) is 45.1 Å². The lowest BCUT2D eigenvalue weighted by Crippen LogP contribution is -2.43. The van der Waals surface area contributed by atoms with Crippen molar-refractivity contribution in [3.05, 3.63) is 45.9 Å². The third-order valence-electron chi connectivity index (χ3n) is 11.4. The molecule has 1 amide bonds. The molecule has 0 bridgehead atoms. The number of nitrogen functional groups attached to an aromatic ring is 2. The summed E-state index contributed by atoms with van der Waals surface area (Å²) in [6, 6.07) is 7.75. The van der Waals surface area contributed by atoms with Crippen LogP contribution in [0.15, 0.2) is 66.0 Å².